The number of fused-ring (bicyclic) bond motifs is 1. The first-order chi connectivity index (χ1) is 8.52. The fraction of sp³-hybridized carbons (Fsp3) is 0.333. The summed E-state index contributed by atoms with van der Waals surface area (Å²) in [4.78, 5) is 22.4. The van der Waals surface area contributed by atoms with Crippen LogP contribution in [0.15, 0.2) is 12.1 Å². The minimum atomic E-state index is -1.07. The lowest BCUT2D eigenvalue weighted by Crippen LogP contribution is -2.31. The van der Waals surface area contributed by atoms with Gasteiger partial charge in [0.25, 0.3) is 0 Å². The summed E-state index contributed by atoms with van der Waals surface area (Å²) in [5, 5.41) is 8.94. The highest BCUT2D eigenvalue weighted by Crippen LogP contribution is 2.27. The van der Waals surface area contributed by atoms with Crippen molar-refractivity contribution in [3.8, 4) is 5.75 Å². The molecule has 0 aromatic heterocycles. The van der Waals surface area contributed by atoms with E-state index in [1.165, 1.54) is 19.2 Å². The lowest BCUT2D eigenvalue weighted by molar-refractivity contribution is -0.146. The van der Waals surface area contributed by atoms with Gasteiger partial charge in [0.15, 0.2) is 0 Å². The van der Waals surface area contributed by atoms with Gasteiger partial charge in [-0.05, 0) is 18.1 Å². The van der Waals surface area contributed by atoms with Gasteiger partial charge in [0, 0.05) is 0 Å². The van der Waals surface area contributed by atoms with Crippen LogP contribution in [0.3, 0.4) is 0 Å². The molecule has 1 aliphatic heterocycles. The van der Waals surface area contributed by atoms with E-state index in [4.69, 9.17) is 17.7 Å². The fourth-order valence-electron chi connectivity index (χ4n) is 1.99. The molecule has 1 aromatic rings. The number of ether oxygens (including phenoxy) is 2. The second-order valence-electron chi connectivity index (χ2n) is 4.09. The monoisotopic (exact) mass is 246 g/mol. The lowest BCUT2D eigenvalue weighted by Gasteiger charge is -2.25. The number of rotatable bonds is 2. The van der Waals surface area contributed by atoms with E-state index in [2.05, 4.69) is 4.74 Å². The zero-order chi connectivity index (χ0) is 13.3. The number of benzene rings is 1. The van der Waals surface area contributed by atoms with Crippen LogP contribution in [0.25, 0.3) is 0 Å². The van der Waals surface area contributed by atoms with Crippen LogP contribution < -0.4 is 10.2 Å². The van der Waals surface area contributed by atoms with E-state index in [0.717, 1.165) is 0 Å². The Kier molecular flexibility index (Phi) is 3.27. The normalized spacial score (nSPS) is 17.5. The van der Waals surface area contributed by atoms with Crippen molar-refractivity contribution in [1.29, 1.82) is 0 Å². The summed E-state index contributed by atoms with van der Waals surface area (Å²) in [6, 6.07) is 2.82. The number of carbonyl (C=O) groups is 2. The van der Waals surface area contributed by atoms with Gasteiger partial charge in [-0.15, -0.1) is 0 Å². The number of aromatic carboxylic acids is 1. The van der Waals surface area contributed by atoms with Crippen molar-refractivity contribution in [3.63, 3.8) is 0 Å². The third-order valence-electron chi connectivity index (χ3n) is 2.87. The second kappa shape index (κ2) is 4.72. The first-order valence-electron chi connectivity index (χ1n) is 5.39. The van der Waals surface area contributed by atoms with E-state index in [1.807, 2.05) is 0 Å². The van der Waals surface area contributed by atoms with E-state index in [1.54, 1.807) is 0 Å². The summed E-state index contributed by atoms with van der Waals surface area (Å²) >= 11 is 0. The van der Waals surface area contributed by atoms with Crippen LogP contribution in [0.1, 0.15) is 15.9 Å². The molecule has 0 amide bonds. The van der Waals surface area contributed by atoms with Gasteiger partial charge < -0.3 is 14.6 Å². The number of carboxylic acid groups (broad SMARTS) is 1. The molecule has 0 aliphatic carbocycles. The largest absolute Gasteiger partial charge is 0.493 e. The molecule has 2 rings (SSSR count). The molecular formula is C12H11BO5. The number of methoxy groups -OCH3 is 1. The molecule has 1 atom stereocenters. The quantitative estimate of drug-likeness (QED) is 0.582. The number of esters is 1. The molecule has 1 aromatic carbocycles. The molecule has 92 valence electrons. The van der Waals surface area contributed by atoms with Crippen molar-refractivity contribution < 1.29 is 24.2 Å². The summed E-state index contributed by atoms with van der Waals surface area (Å²) in [5.41, 5.74) is 0.975. The molecule has 1 N–H and O–H groups in total. The molecule has 1 aliphatic rings. The van der Waals surface area contributed by atoms with Crippen molar-refractivity contribution in [2.24, 2.45) is 5.92 Å². The maximum atomic E-state index is 11.4. The van der Waals surface area contributed by atoms with Crippen molar-refractivity contribution in [2.75, 3.05) is 13.7 Å². The Balaban J connectivity index is 2.36. The van der Waals surface area contributed by atoms with Crippen LogP contribution >= 0.6 is 0 Å². The average molecular weight is 246 g/mol. The Morgan fingerprint density at radius 3 is 2.83 bits per heavy atom. The molecule has 2 radical (unpaired) electrons. The SMILES string of the molecule is [B]c1cc(C(=O)O)cc2c1OCC(C(=O)OC)C2. The van der Waals surface area contributed by atoms with Gasteiger partial charge in [0.05, 0.1) is 18.6 Å². The molecule has 0 bridgehead atoms. The highest BCUT2D eigenvalue weighted by Gasteiger charge is 2.28. The molecule has 0 saturated heterocycles. The maximum absolute atomic E-state index is 11.4. The van der Waals surface area contributed by atoms with Gasteiger partial charge in [-0.25, -0.2) is 4.79 Å². The zero-order valence-corrected chi connectivity index (χ0v) is 9.80. The predicted molar refractivity (Wildman–Crippen MR) is 63.5 cm³/mol. The Labute approximate surface area is 105 Å². The van der Waals surface area contributed by atoms with E-state index in [0.29, 0.717) is 17.7 Å². The molecule has 0 fully saturated rings. The third-order valence-corrected chi connectivity index (χ3v) is 2.87. The molecule has 1 heterocycles. The fourth-order valence-corrected chi connectivity index (χ4v) is 1.99. The summed E-state index contributed by atoms with van der Waals surface area (Å²) in [7, 11) is 7.03. The molecule has 6 heteroatoms. The molecule has 0 saturated carbocycles. The van der Waals surface area contributed by atoms with Gasteiger partial charge in [-0.2, -0.15) is 0 Å². The van der Waals surface area contributed by atoms with E-state index in [-0.39, 0.29) is 23.6 Å². The molecule has 18 heavy (non-hydrogen) atoms. The van der Waals surface area contributed by atoms with E-state index < -0.39 is 11.9 Å². The highest BCUT2D eigenvalue weighted by atomic mass is 16.5. The number of hydrogen-bond donors (Lipinski definition) is 1. The molecular weight excluding hydrogens is 235 g/mol. The van der Waals surface area contributed by atoms with E-state index in [9.17, 15) is 9.59 Å². The summed E-state index contributed by atoms with van der Waals surface area (Å²) < 4.78 is 10.1. The zero-order valence-electron chi connectivity index (χ0n) is 9.80. The maximum Gasteiger partial charge on any atom is 0.335 e. The third kappa shape index (κ3) is 2.18. The van der Waals surface area contributed by atoms with E-state index >= 15 is 0 Å². The van der Waals surface area contributed by atoms with Gasteiger partial charge in [0.1, 0.15) is 20.2 Å². The predicted octanol–water partition coefficient (Wildman–Crippen LogP) is -0.0973. The van der Waals surface area contributed by atoms with Crippen LogP contribution in [-0.4, -0.2) is 38.6 Å². The lowest BCUT2D eigenvalue weighted by atomic mass is 9.86. The summed E-state index contributed by atoms with van der Waals surface area (Å²) in [5.74, 6) is -1.41. The minimum Gasteiger partial charge on any atom is -0.493 e. The first-order valence-corrected chi connectivity index (χ1v) is 5.39. The van der Waals surface area contributed by atoms with Crippen LogP contribution in [0.5, 0.6) is 5.75 Å². The van der Waals surface area contributed by atoms with Gasteiger partial charge >= 0.3 is 11.9 Å². The first kappa shape index (κ1) is 12.5. The van der Waals surface area contributed by atoms with Crippen LogP contribution in [-0.2, 0) is 16.0 Å². The average Bonchev–Trinajstić information content (AvgIpc) is 2.36. The summed E-state index contributed by atoms with van der Waals surface area (Å²) in [6.45, 7) is 0.191. The Morgan fingerprint density at radius 1 is 1.50 bits per heavy atom. The van der Waals surface area contributed by atoms with Gasteiger partial charge in [-0.1, -0.05) is 11.5 Å². The second-order valence-corrected chi connectivity index (χ2v) is 4.09. The van der Waals surface area contributed by atoms with Crippen molar-refractivity contribution in [2.45, 2.75) is 6.42 Å². The van der Waals surface area contributed by atoms with Gasteiger partial charge in [-0.3, -0.25) is 4.79 Å². The number of carbonyl (C=O) groups excluding carboxylic acids is 1. The van der Waals surface area contributed by atoms with Crippen LogP contribution in [0.4, 0.5) is 0 Å². The number of carboxylic acids is 1. The smallest absolute Gasteiger partial charge is 0.335 e. The van der Waals surface area contributed by atoms with Crippen LogP contribution in [0, 0.1) is 5.92 Å². The molecule has 5 nitrogen and oxygen atoms in total. The molecule has 0 spiro atoms. The van der Waals surface area contributed by atoms with Crippen LogP contribution in [0.2, 0.25) is 0 Å². The van der Waals surface area contributed by atoms with Crippen molar-refractivity contribution in [1.82, 2.24) is 0 Å². The molecule has 1 unspecified atom stereocenters. The van der Waals surface area contributed by atoms with Gasteiger partial charge in [0.2, 0.25) is 0 Å². The minimum absolute atomic E-state index is 0.0837. The number of hydrogen-bond acceptors (Lipinski definition) is 4. The van der Waals surface area contributed by atoms with Crippen molar-refractivity contribution in [3.05, 3.63) is 23.3 Å². The Bertz CT molecular complexity index is 511. The van der Waals surface area contributed by atoms with Crippen molar-refractivity contribution >= 4 is 25.2 Å². The Morgan fingerprint density at radius 2 is 2.22 bits per heavy atom. The standard InChI is InChI=1S/C12H11BO5/c1-17-12(16)8-3-6-2-7(11(14)15)4-9(13)10(6)18-5-8/h2,4,8H,3,5H2,1H3,(H,14,15). The Hall–Kier alpha value is -1.98. The highest BCUT2D eigenvalue weighted by molar-refractivity contribution is 6.34. The topological polar surface area (TPSA) is 72.8 Å². The summed E-state index contributed by atoms with van der Waals surface area (Å²) in [6.07, 6.45) is 0.368.